The maximum Gasteiger partial charge on any atom is 0.197 e. The van der Waals surface area contributed by atoms with Crippen molar-refractivity contribution in [1.29, 1.82) is 0 Å². The molecule has 0 unspecified atom stereocenters. The Morgan fingerprint density at radius 3 is 2.64 bits per heavy atom. The van der Waals surface area contributed by atoms with E-state index in [0.717, 1.165) is 27.9 Å². The Bertz CT molecular complexity index is 994. The van der Waals surface area contributed by atoms with Crippen LogP contribution in [0.1, 0.15) is 17.1 Å². The second-order valence-corrected chi connectivity index (χ2v) is 5.46. The summed E-state index contributed by atoms with van der Waals surface area (Å²) >= 11 is 0. The minimum atomic E-state index is 0.433. The fraction of sp³-hybridized carbons (Fsp3) is 0.0526. The fourth-order valence-corrected chi connectivity index (χ4v) is 2.43. The van der Waals surface area contributed by atoms with Gasteiger partial charge in [-0.1, -0.05) is 42.5 Å². The Kier molecular flexibility index (Phi) is 4.16. The largest absolute Gasteiger partial charge is 0.487 e. The van der Waals surface area contributed by atoms with Gasteiger partial charge in [0.25, 0.3) is 0 Å². The second kappa shape index (κ2) is 6.92. The van der Waals surface area contributed by atoms with Crippen molar-refractivity contribution in [2.75, 3.05) is 0 Å². The van der Waals surface area contributed by atoms with E-state index in [1.807, 2.05) is 60.7 Å². The number of benzene rings is 2. The number of hydrogen-bond donors (Lipinski definition) is 1. The smallest absolute Gasteiger partial charge is 0.197 e. The SMILES string of the molecule is C(=C\c1nn[nH]n1)/c1ccc(OCc2ccc3ccccc3n2)cc1. The molecule has 0 amide bonds. The zero-order valence-corrected chi connectivity index (χ0v) is 13.3. The Morgan fingerprint density at radius 2 is 1.80 bits per heavy atom. The van der Waals surface area contributed by atoms with Crippen molar-refractivity contribution in [1.82, 2.24) is 25.6 Å². The van der Waals surface area contributed by atoms with Crippen LogP contribution in [0.3, 0.4) is 0 Å². The maximum atomic E-state index is 5.82. The van der Waals surface area contributed by atoms with Gasteiger partial charge in [0.05, 0.1) is 11.2 Å². The van der Waals surface area contributed by atoms with Gasteiger partial charge in [0.2, 0.25) is 0 Å². The van der Waals surface area contributed by atoms with Gasteiger partial charge in [-0.3, -0.25) is 0 Å². The molecule has 6 nitrogen and oxygen atoms in total. The van der Waals surface area contributed by atoms with Crippen LogP contribution in [0.2, 0.25) is 0 Å². The lowest BCUT2D eigenvalue weighted by molar-refractivity contribution is 0.302. The third-order valence-corrected chi connectivity index (χ3v) is 3.71. The Balaban J connectivity index is 1.40. The number of ether oxygens (including phenoxy) is 1. The average molecular weight is 329 g/mol. The summed E-state index contributed by atoms with van der Waals surface area (Å²) in [5.74, 6) is 1.34. The number of aromatic nitrogens is 5. The minimum absolute atomic E-state index is 0.433. The number of aromatic amines is 1. The molecule has 0 saturated heterocycles. The van der Waals surface area contributed by atoms with Crippen molar-refractivity contribution in [3.8, 4) is 5.75 Å². The molecule has 0 radical (unpaired) electrons. The highest BCUT2D eigenvalue weighted by Crippen LogP contribution is 2.17. The third kappa shape index (κ3) is 3.69. The summed E-state index contributed by atoms with van der Waals surface area (Å²) in [6.07, 6.45) is 3.71. The second-order valence-electron chi connectivity index (χ2n) is 5.46. The molecule has 0 atom stereocenters. The molecule has 4 rings (SSSR count). The molecule has 0 bridgehead atoms. The summed E-state index contributed by atoms with van der Waals surface area (Å²) in [6.45, 7) is 0.433. The van der Waals surface area contributed by atoms with E-state index < -0.39 is 0 Å². The number of para-hydroxylation sites is 1. The predicted molar refractivity (Wildman–Crippen MR) is 95.6 cm³/mol. The van der Waals surface area contributed by atoms with Crippen molar-refractivity contribution in [3.63, 3.8) is 0 Å². The van der Waals surface area contributed by atoms with Crippen molar-refractivity contribution in [2.45, 2.75) is 6.61 Å². The van der Waals surface area contributed by atoms with Gasteiger partial charge in [-0.15, -0.1) is 10.2 Å². The average Bonchev–Trinajstić information content (AvgIpc) is 3.19. The topological polar surface area (TPSA) is 76.6 Å². The molecule has 122 valence electrons. The van der Waals surface area contributed by atoms with Crippen molar-refractivity contribution in [2.24, 2.45) is 0 Å². The lowest BCUT2D eigenvalue weighted by Gasteiger charge is -2.07. The molecule has 0 aliphatic rings. The first kappa shape index (κ1) is 15.0. The summed E-state index contributed by atoms with van der Waals surface area (Å²) in [6, 6.07) is 19.9. The number of nitrogens with one attached hydrogen (secondary N) is 1. The van der Waals surface area contributed by atoms with Gasteiger partial charge < -0.3 is 4.74 Å². The summed E-state index contributed by atoms with van der Waals surface area (Å²) in [5, 5.41) is 14.8. The van der Waals surface area contributed by atoms with E-state index in [9.17, 15) is 0 Å². The molecular weight excluding hydrogens is 314 g/mol. The number of H-pyrrole nitrogens is 1. The van der Waals surface area contributed by atoms with E-state index in [-0.39, 0.29) is 0 Å². The first-order chi connectivity index (χ1) is 12.4. The van der Waals surface area contributed by atoms with Crippen LogP contribution in [0.4, 0.5) is 0 Å². The molecule has 0 saturated carbocycles. The first-order valence-corrected chi connectivity index (χ1v) is 7.86. The van der Waals surface area contributed by atoms with E-state index >= 15 is 0 Å². The highest BCUT2D eigenvalue weighted by molar-refractivity contribution is 5.78. The van der Waals surface area contributed by atoms with Crippen LogP contribution in [0.25, 0.3) is 23.1 Å². The molecule has 2 aromatic heterocycles. The third-order valence-electron chi connectivity index (χ3n) is 3.71. The Labute approximate surface area is 144 Å². The molecule has 6 heteroatoms. The summed E-state index contributed by atoms with van der Waals surface area (Å²) in [5.41, 5.74) is 2.91. The van der Waals surface area contributed by atoms with Gasteiger partial charge in [0.1, 0.15) is 12.4 Å². The van der Waals surface area contributed by atoms with Crippen molar-refractivity contribution < 1.29 is 4.74 Å². The van der Waals surface area contributed by atoms with Gasteiger partial charge in [-0.25, -0.2) is 4.98 Å². The van der Waals surface area contributed by atoms with Gasteiger partial charge in [0.15, 0.2) is 5.82 Å². The van der Waals surface area contributed by atoms with Gasteiger partial charge in [-0.2, -0.15) is 5.21 Å². The van der Waals surface area contributed by atoms with E-state index in [1.165, 1.54) is 0 Å². The molecule has 1 N–H and O–H groups in total. The van der Waals surface area contributed by atoms with Crippen LogP contribution < -0.4 is 4.74 Å². The number of fused-ring (bicyclic) bond motifs is 1. The quantitative estimate of drug-likeness (QED) is 0.606. The highest BCUT2D eigenvalue weighted by Gasteiger charge is 2.00. The first-order valence-electron chi connectivity index (χ1n) is 7.86. The Morgan fingerprint density at radius 1 is 0.920 bits per heavy atom. The summed E-state index contributed by atoms with van der Waals surface area (Å²) < 4.78 is 5.82. The molecule has 0 aliphatic carbocycles. The van der Waals surface area contributed by atoms with Crippen LogP contribution in [-0.4, -0.2) is 25.6 Å². The summed E-state index contributed by atoms with van der Waals surface area (Å²) in [7, 11) is 0. The van der Waals surface area contributed by atoms with E-state index in [4.69, 9.17) is 4.74 Å². The number of tetrazole rings is 1. The standard InChI is InChI=1S/C19H15N5O/c1-2-4-18-15(3-1)8-9-16(20-18)13-25-17-10-5-14(6-11-17)7-12-19-21-23-24-22-19/h1-12H,13H2,(H,21,22,23,24)/b12-7+. The number of rotatable bonds is 5. The monoisotopic (exact) mass is 329 g/mol. The fourth-order valence-electron chi connectivity index (χ4n) is 2.43. The lowest BCUT2D eigenvalue weighted by atomic mass is 10.2. The highest BCUT2D eigenvalue weighted by atomic mass is 16.5. The van der Waals surface area contributed by atoms with E-state index in [0.29, 0.717) is 12.4 Å². The molecule has 2 heterocycles. The van der Waals surface area contributed by atoms with Crippen LogP contribution >= 0.6 is 0 Å². The normalized spacial score (nSPS) is 11.2. The number of pyridine rings is 1. The molecule has 4 aromatic rings. The zero-order chi connectivity index (χ0) is 16.9. The van der Waals surface area contributed by atoms with Crippen LogP contribution in [0.5, 0.6) is 5.75 Å². The zero-order valence-electron chi connectivity index (χ0n) is 13.3. The van der Waals surface area contributed by atoms with Crippen LogP contribution in [-0.2, 0) is 6.61 Å². The van der Waals surface area contributed by atoms with Crippen LogP contribution in [0, 0.1) is 0 Å². The van der Waals surface area contributed by atoms with Gasteiger partial charge in [0, 0.05) is 5.39 Å². The summed E-state index contributed by atoms with van der Waals surface area (Å²) in [4.78, 5) is 4.61. The van der Waals surface area contributed by atoms with Crippen molar-refractivity contribution >= 4 is 23.1 Å². The Hall–Kier alpha value is -3.54. The van der Waals surface area contributed by atoms with E-state index in [1.54, 1.807) is 6.08 Å². The van der Waals surface area contributed by atoms with E-state index in [2.05, 4.69) is 31.7 Å². The molecule has 0 spiro atoms. The number of nitrogens with zero attached hydrogens (tertiary/aromatic N) is 4. The van der Waals surface area contributed by atoms with Crippen LogP contribution in [0.15, 0.2) is 60.7 Å². The molecule has 25 heavy (non-hydrogen) atoms. The van der Waals surface area contributed by atoms with Gasteiger partial charge >= 0.3 is 0 Å². The minimum Gasteiger partial charge on any atom is -0.487 e. The molecule has 0 fully saturated rings. The lowest BCUT2D eigenvalue weighted by Crippen LogP contribution is -1.98. The van der Waals surface area contributed by atoms with Crippen molar-refractivity contribution in [3.05, 3.63) is 77.7 Å². The molecular formula is C19H15N5O. The molecule has 0 aliphatic heterocycles. The maximum absolute atomic E-state index is 5.82. The predicted octanol–water partition coefficient (Wildman–Crippen LogP) is 3.50. The molecule has 2 aromatic carbocycles. The van der Waals surface area contributed by atoms with Gasteiger partial charge in [-0.05, 0) is 41.1 Å². The number of hydrogen-bond acceptors (Lipinski definition) is 5.